The van der Waals surface area contributed by atoms with Gasteiger partial charge in [-0.3, -0.25) is 10.1 Å². The monoisotopic (exact) mass is 312 g/mol. The molecule has 2 N–H and O–H groups in total. The van der Waals surface area contributed by atoms with Gasteiger partial charge in [-0.15, -0.1) is 0 Å². The highest BCUT2D eigenvalue weighted by atomic mass is 16.5. The maximum Gasteiger partial charge on any atom is 0.339 e. The maximum absolute atomic E-state index is 12.2. The molecule has 0 atom stereocenters. The third-order valence-corrected chi connectivity index (χ3v) is 3.05. The Kier molecular flexibility index (Phi) is 5.46. The number of urea groups is 1. The lowest BCUT2D eigenvalue weighted by molar-refractivity contribution is -0.123. The summed E-state index contributed by atoms with van der Waals surface area (Å²) in [7, 11) is 1.38. The zero-order valence-electron chi connectivity index (χ0n) is 12.5. The first-order chi connectivity index (χ1) is 11.1. The van der Waals surface area contributed by atoms with Crippen molar-refractivity contribution in [1.82, 2.24) is 10.6 Å². The molecule has 0 fully saturated rings. The standard InChI is InChI=1S/C17H16N2O4/c1-18-17(22)19-15(20)11-23-16(21)14-10-6-5-9-13(14)12-7-3-2-4-8-12/h2-10H,11H2,1H3,(H2,18,19,20,22). The van der Waals surface area contributed by atoms with Gasteiger partial charge in [-0.2, -0.15) is 0 Å². The minimum atomic E-state index is -0.699. The fourth-order valence-electron chi connectivity index (χ4n) is 1.96. The third-order valence-electron chi connectivity index (χ3n) is 3.05. The van der Waals surface area contributed by atoms with Gasteiger partial charge in [0.2, 0.25) is 0 Å². The highest BCUT2D eigenvalue weighted by Gasteiger charge is 2.15. The van der Waals surface area contributed by atoms with E-state index < -0.39 is 24.5 Å². The summed E-state index contributed by atoms with van der Waals surface area (Å²) in [5.41, 5.74) is 1.94. The quantitative estimate of drug-likeness (QED) is 0.845. The second-order valence-electron chi connectivity index (χ2n) is 4.62. The van der Waals surface area contributed by atoms with Crippen LogP contribution in [0, 0.1) is 0 Å². The number of rotatable bonds is 4. The van der Waals surface area contributed by atoms with Crippen LogP contribution in [0.3, 0.4) is 0 Å². The first-order valence-corrected chi connectivity index (χ1v) is 6.95. The minimum absolute atomic E-state index is 0.353. The van der Waals surface area contributed by atoms with E-state index in [4.69, 9.17) is 4.74 Å². The second kappa shape index (κ2) is 7.74. The number of amides is 3. The van der Waals surface area contributed by atoms with Gasteiger partial charge >= 0.3 is 12.0 Å². The molecular formula is C17H16N2O4. The number of carbonyl (C=O) groups is 3. The first kappa shape index (κ1) is 16.2. The summed E-state index contributed by atoms with van der Waals surface area (Å²) >= 11 is 0. The van der Waals surface area contributed by atoms with Crippen molar-refractivity contribution >= 4 is 17.9 Å². The van der Waals surface area contributed by atoms with Crippen molar-refractivity contribution in [2.45, 2.75) is 0 Å². The van der Waals surface area contributed by atoms with E-state index in [9.17, 15) is 14.4 Å². The van der Waals surface area contributed by atoms with E-state index in [0.717, 1.165) is 5.56 Å². The molecule has 0 radical (unpaired) electrons. The molecule has 0 aliphatic heterocycles. The SMILES string of the molecule is CNC(=O)NC(=O)COC(=O)c1ccccc1-c1ccccc1. The number of benzene rings is 2. The molecule has 0 unspecified atom stereocenters. The van der Waals surface area contributed by atoms with Gasteiger partial charge < -0.3 is 10.1 Å². The number of hydrogen-bond acceptors (Lipinski definition) is 4. The minimum Gasteiger partial charge on any atom is -0.452 e. The lowest BCUT2D eigenvalue weighted by Gasteiger charge is -2.09. The van der Waals surface area contributed by atoms with Crippen molar-refractivity contribution in [3.05, 3.63) is 60.2 Å². The molecule has 2 rings (SSSR count). The Labute approximate surface area is 133 Å². The van der Waals surface area contributed by atoms with Gasteiger partial charge in [-0.1, -0.05) is 48.5 Å². The van der Waals surface area contributed by atoms with Crippen LogP contribution >= 0.6 is 0 Å². The van der Waals surface area contributed by atoms with Crippen LogP contribution in [0.2, 0.25) is 0 Å². The number of esters is 1. The van der Waals surface area contributed by atoms with Crippen molar-refractivity contribution in [3.63, 3.8) is 0 Å². The Morgan fingerprint density at radius 3 is 2.30 bits per heavy atom. The molecule has 0 saturated heterocycles. The number of hydrogen-bond donors (Lipinski definition) is 2. The molecule has 23 heavy (non-hydrogen) atoms. The summed E-state index contributed by atoms with van der Waals surface area (Å²) in [6, 6.07) is 15.7. The molecular weight excluding hydrogens is 296 g/mol. The zero-order valence-corrected chi connectivity index (χ0v) is 12.5. The van der Waals surface area contributed by atoms with Gasteiger partial charge in [0.25, 0.3) is 5.91 Å². The normalized spacial score (nSPS) is 9.78. The maximum atomic E-state index is 12.2. The Morgan fingerprint density at radius 2 is 1.61 bits per heavy atom. The molecule has 0 spiro atoms. The predicted molar refractivity (Wildman–Crippen MR) is 84.8 cm³/mol. The van der Waals surface area contributed by atoms with Crippen molar-refractivity contribution < 1.29 is 19.1 Å². The van der Waals surface area contributed by atoms with Crippen molar-refractivity contribution in [2.24, 2.45) is 0 Å². The van der Waals surface area contributed by atoms with Gasteiger partial charge in [0.1, 0.15) is 0 Å². The Morgan fingerprint density at radius 1 is 0.957 bits per heavy atom. The third kappa shape index (κ3) is 4.41. The van der Waals surface area contributed by atoms with Gasteiger partial charge in [-0.05, 0) is 17.2 Å². The van der Waals surface area contributed by atoms with Crippen LogP contribution in [0.25, 0.3) is 11.1 Å². The Bertz CT molecular complexity index is 714. The van der Waals surface area contributed by atoms with Crippen LogP contribution in [-0.4, -0.2) is 31.6 Å². The highest BCUT2D eigenvalue weighted by molar-refractivity contribution is 5.99. The van der Waals surface area contributed by atoms with Gasteiger partial charge in [0.15, 0.2) is 6.61 Å². The molecule has 0 heterocycles. The smallest absolute Gasteiger partial charge is 0.339 e. The molecule has 2 aromatic rings. The van der Waals surface area contributed by atoms with Gasteiger partial charge in [0, 0.05) is 7.05 Å². The topological polar surface area (TPSA) is 84.5 Å². The van der Waals surface area contributed by atoms with Crippen LogP contribution < -0.4 is 10.6 Å². The average Bonchev–Trinajstić information content (AvgIpc) is 2.60. The molecule has 6 heteroatoms. The van der Waals surface area contributed by atoms with Crippen LogP contribution in [0.5, 0.6) is 0 Å². The van der Waals surface area contributed by atoms with Crippen LogP contribution in [-0.2, 0) is 9.53 Å². The number of carbonyl (C=O) groups excluding carboxylic acids is 3. The number of nitrogens with one attached hydrogen (secondary N) is 2. The van der Waals surface area contributed by atoms with Crippen molar-refractivity contribution in [3.8, 4) is 11.1 Å². The average molecular weight is 312 g/mol. The lowest BCUT2D eigenvalue weighted by atomic mass is 10.00. The molecule has 0 aliphatic rings. The highest BCUT2D eigenvalue weighted by Crippen LogP contribution is 2.23. The predicted octanol–water partition coefficient (Wildman–Crippen LogP) is 1.97. The van der Waals surface area contributed by atoms with E-state index in [0.29, 0.717) is 11.1 Å². The Hall–Kier alpha value is -3.15. The molecule has 0 bridgehead atoms. The Balaban J connectivity index is 2.09. The van der Waals surface area contributed by atoms with E-state index in [-0.39, 0.29) is 0 Å². The summed E-state index contributed by atoms with van der Waals surface area (Å²) in [5.74, 6) is -1.33. The van der Waals surface area contributed by atoms with Crippen LogP contribution in [0.1, 0.15) is 10.4 Å². The fraction of sp³-hybridized carbons (Fsp3) is 0.118. The van der Waals surface area contributed by atoms with Gasteiger partial charge in [-0.25, -0.2) is 9.59 Å². The van der Waals surface area contributed by atoms with Crippen LogP contribution in [0.15, 0.2) is 54.6 Å². The molecule has 0 aromatic heterocycles. The number of imide groups is 1. The van der Waals surface area contributed by atoms with E-state index >= 15 is 0 Å². The van der Waals surface area contributed by atoms with E-state index in [1.54, 1.807) is 18.2 Å². The zero-order chi connectivity index (χ0) is 16.7. The van der Waals surface area contributed by atoms with Crippen molar-refractivity contribution in [2.75, 3.05) is 13.7 Å². The van der Waals surface area contributed by atoms with E-state index in [2.05, 4.69) is 5.32 Å². The summed E-state index contributed by atoms with van der Waals surface area (Å²) in [5, 5.41) is 4.25. The molecule has 3 amide bonds. The summed E-state index contributed by atoms with van der Waals surface area (Å²) in [6.07, 6.45) is 0. The summed E-state index contributed by atoms with van der Waals surface area (Å²) < 4.78 is 4.97. The summed E-state index contributed by atoms with van der Waals surface area (Å²) in [6.45, 7) is -0.532. The largest absolute Gasteiger partial charge is 0.452 e. The lowest BCUT2D eigenvalue weighted by Crippen LogP contribution is -2.39. The first-order valence-electron chi connectivity index (χ1n) is 6.95. The molecule has 0 aliphatic carbocycles. The second-order valence-corrected chi connectivity index (χ2v) is 4.62. The van der Waals surface area contributed by atoms with Crippen molar-refractivity contribution in [1.29, 1.82) is 0 Å². The molecule has 0 saturated carbocycles. The van der Waals surface area contributed by atoms with E-state index in [1.165, 1.54) is 7.05 Å². The molecule has 118 valence electrons. The summed E-state index contributed by atoms with van der Waals surface area (Å²) in [4.78, 5) is 34.6. The fourth-order valence-corrected chi connectivity index (χ4v) is 1.96. The molecule has 2 aromatic carbocycles. The van der Waals surface area contributed by atoms with E-state index in [1.807, 2.05) is 41.7 Å². The number of ether oxygens (including phenoxy) is 1. The molecule has 6 nitrogen and oxygen atoms in total. The van der Waals surface area contributed by atoms with Gasteiger partial charge in [0.05, 0.1) is 5.56 Å². The van der Waals surface area contributed by atoms with Crippen LogP contribution in [0.4, 0.5) is 4.79 Å².